The molecule has 72 valence electrons. The number of rotatable bonds is 3. The molecule has 0 spiro atoms. The Kier molecular flexibility index (Phi) is 4.22. The van der Waals surface area contributed by atoms with Crippen molar-refractivity contribution in [1.29, 1.82) is 0 Å². The van der Waals surface area contributed by atoms with Crippen molar-refractivity contribution in [2.24, 2.45) is 0 Å². The van der Waals surface area contributed by atoms with Gasteiger partial charge in [0.15, 0.2) is 0 Å². The fraction of sp³-hybridized carbons (Fsp3) is 1.00. The van der Waals surface area contributed by atoms with Gasteiger partial charge in [0.1, 0.15) is 0 Å². The van der Waals surface area contributed by atoms with Gasteiger partial charge in [0.2, 0.25) is 0 Å². The predicted molar refractivity (Wildman–Crippen MR) is 53.8 cm³/mol. The van der Waals surface area contributed by atoms with E-state index in [9.17, 15) is 4.21 Å². The summed E-state index contributed by atoms with van der Waals surface area (Å²) in [4.78, 5) is 0. The molecule has 0 aliphatic carbocycles. The van der Waals surface area contributed by atoms with E-state index in [1.807, 2.05) is 0 Å². The first-order valence-electron chi connectivity index (χ1n) is 4.87. The molecular formula is C9H19NOS. The summed E-state index contributed by atoms with van der Waals surface area (Å²) in [6, 6.07) is 1.01. The predicted octanol–water partition coefficient (Wildman–Crippen LogP) is 1.29. The molecule has 3 heteroatoms. The summed E-state index contributed by atoms with van der Waals surface area (Å²) in [7, 11) is -0.564. The molecule has 0 aromatic carbocycles. The molecule has 0 bridgehead atoms. The molecule has 0 saturated carbocycles. The normalized spacial score (nSPS) is 36.7. The smallest absolute Gasteiger partial charge is 0.0389 e. The molecule has 12 heavy (non-hydrogen) atoms. The third-order valence-electron chi connectivity index (χ3n) is 2.38. The van der Waals surface area contributed by atoms with Crippen molar-refractivity contribution in [3.63, 3.8) is 0 Å². The Morgan fingerprint density at radius 3 is 2.58 bits per heavy atom. The monoisotopic (exact) mass is 189 g/mol. The lowest BCUT2D eigenvalue weighted by molar-refractivity contribution is 0.424. The SMILES string of the molecule is CCCC1CS(=O)CC(CC)N1. The summed E-state index contributed by atoms with van der Waals surface area (Å²) in [5, 5.41) is 3.54. The quantitative estimate of drug-likeness (QED) is 0.725. The Bertz CT molecular complexity index is 161. The lowest BCUT2D eigenvalue weighted by Gasteiger charge is -2.29. The van der Waals surface area contributed by atoms with Crippen molar-refractivity contribution in [3.8, 4) is 0 Å². The Morgan fingerprint density at radius 2 is 2.00 bits per heavy atom. The zero-order valence-corrected chi connectivity index (χ0v) is 8.82. The second-order valence-electron chi connectivity index (χ2n) is 3.53. The van der Waals surface area contributed by atoms with Crippen LogP contribution in [0.15, 0.2) is 0 Å². The van der Waals surface area contributed by atoms with E-state index < -0.39 is 10.8 Å². The average molecular weight is 189 g/mol. The molecule has 3 unspecified atom stereocenters. The molecule has 1 saturated heterocycles. The molecule has 1 N–H and O–H groups in total. The molecule has 0 amide bonds. The second kappa shape index (κ2) is 4.97. The first kappa shape index (κ1) is 10.2. The van der Waals surface area contributed by atoms with E-state index in [0.29, 0.717) is 12.1 Å². The average Bonchev–Trinajstić information content (AvgIpc) is 2.04. The summed E-state index contributed by atoms with van der Waals surface area (Å²) in [5.41, 5.74) is 0. The highest BCUT2D eigenvalue weighted by Gasteiger charge is 2.23. The highest BCUT2D eigenvalue weighted by atomic mass is 32.2. The fourth-order valence-corrected chi connectivity index (χ4v) is 3.33. The van der Waals surface area contributed by atoms with Crippen LogP contribution in [0.4, 0.5) is 0 Å². The van der Waals surface area contributed by atoms with Crippen molar-refractivity contribution < 1.29 is 4.21 Å². The molecule has 1 aliphatic heterocycles. The van der Waals surface area contributed by atoms with Crippen LogP contribution in [-0.2, 0) is 10.8 Å². The largest absolute Gasteiger partial charge is 0.309 e. The van der Waals surface area contributed by atoms with Crippen LogP contribution in [-0.4, -0.2) is 27.8 Å². The minimum absolute atomic E-state index is 0.496. The van der Waals surface area contributed by atoms with E-state index in [0.717, 1.165) is 17.9 Å². The zero-order chi connectivity index (χ0) is 8.97. The van der Waals surface area contributed by atoms with Crippen molar-refractivity contribution in [2.75, 3.05) is 11.5 Å². The van der Waals surface area contributed by atoms with Gasteiger partial charge in [0.05, 0.1) is 0 Å². The number of hydrogen-bond donors (Lipinski definition) is 1. The van der Waals surface area contributed by atoms with E-state index >= 15 is 0 Å². The first-order valence-corrected chi connectivity index (χ1v) is 6.36. The Balaban J connectivity index is 2.39. The molecule has 3 atom stereocenters. The van der Waals surface area contributed by atoms with Crippen LogP contribution in [0.5, 0.6) is 0 Å². The summed E-state index contributed by atoms with van der Waals surface area (Å²) < 4.78 is 11.4. The van der Waals surface area contributed by atoms with Gasteiger partial charge in [0.25, 0.3) is 0 Å². The van der Waals surface area contributed by atoms with Gasteiger partial charge in [0, 0.05) is 34.4 Å². The maximum atomic E-state index is 11.4. The van der Waals surface area contributed by atoms with Crippen LogP contribution >= 0.6 is 0 Å². The van der Waals surface area contributed by atoms with Crippen LogP contribution in [0.25, 0.3) is 0 Å². The van der Waals surface area contributed by atoms with Crippen molar-refractivity contribution >= 4 is 10.8 Å². The van der Waals surface area contributed by atoms with E-state index in [2.05, 4.69) is 19.2 Å². The van der Waals surface area contributed by atoms with Gasteiger partial charge in [-0.25, -0.2) is 0 Å². The van der Waals surface area contributed by atoms with Gasteiger partial charge in [-0.1, -0.05) is 20.3 Å². The molecule has 0 radical (unpaired) electrons. The molecule has 2 nitrogen and oxygen atoms in total. The third kappa shape index (κ3) is 2.87. The minimum atomic E-state index is -0.564. The second-order valence-corrected chi connectivity index (χ2v) is 5.08. The maximum Gasteiger partial charge on any atom is 0.0389 e. The standard InChI is InChI=1S/C9H19NOS/c1-3-5-9-7-12(11)6-8(4-2)10-9/h8-10H,3-7H2,1-2H3. The summed E-state index contributed by atoms with van der Waals surface area (Å²) in [5.74, 6) is 1.72. The fourth-order valence-electron chi connectivity index (χ4n) is 1.70. The molecule has 1 fully saturated rings. The summed E-state index contributed by atoms with van der Waals surface area (Å²) >= 11 is 0. The molecular weight excluding hydrogens is 170 g/mol. The van der Waals surface area contributed by atoms with Crippen LogP contribution in [0, 0.1) is 0 Å². The Hall–Kier alpha value is 0.110. The zero-order valence-electron chi connectivity index (χ0n) is 8.01. The van der Waals surface area contributed by atoms with Crippen LogP contribution in [0.2, 0.25) is 0 Å². The molecule has 0 aromatic heterocycles. The highest BCUT2D eigenvalue weighted by Crippen LogP contribution is 2.09. The van der Waals surface area contributed by atoms with Crippen LogP contribution in [0.1, 0.15) is 33.1 Å². The van der Waals surface area contributed by atoms with Gasteiger partial charge in [-0.15, -0.1) is 0 Å². The lowest BCUT2D eigenvalue weighted by atomic mass is 10.1. The number of hydrogen-bond acceptors (Lipinski definition) is 2. The molecule has 0 aromatic rings. The van der Waals surface area contributed by atoms with Gasteiger partial charge >= 0.3 is 0 Å². The number of nitrogens with one attached hydrogen (secondary N) is 1. The van der Waals surface area contributed by atoms with Gasteiger partial charge < -0.3 is 5.32 Å². The van der Waals surface area contributed by atoms with Crippen molar-refractivity contribution in [3.05, 3.63) is 0 Å². The summed E-state index contributed by atoms with van der Waals surface area (Å²) in [6.07, 6.45) is 3.46. The molecule has 1 aliphatic rings. The van der Waals surface area contributed by atoms with E-state index in [4.69, 9.17) is 0 Å². The highest BCUT2D eigenvalue weighted by molar-refractivity contribution is 7.85. The molecule has 1 heterocycles. The maximum absolute atomic E-state index is 11.4. The Labute approximate surface area is 77.6 Å². The van der Waals surface area contributed by atoms with Crippen molar-refractivity contribution in [2.45, 2.75) is 45.2 Å². The summed E-state index contributed by atoms with van der Waals surface area (Å²) in [6.45, 7) is 4.34. The van der Waals surface area contributed by atoms with Crippen molar-refractivity contribution in [1.82, 2.24) is 5.32 Å². The first-order chi connectivity index (χ1) is 5.76. The lowest BCUT2D eigenvalue weighted by Crippen LogP contribution is -2.49. The topological polar surface area (TPSA) is 29.1 Å². The Morgan fingerprint density at radius 1 is 1.33 bits per heavy atom. The van der Waals surface area contributed by atoms with Gasteiger partial charge in [-0.3, -0.25) is 4.21 Å². The van der Waals surface area contributed by atoms with Gasteiger partial charge in [-0.05, 0) is 12.8 Å². The minimum Gasteiger partial charge on any atom is -0.309 e. The van der Waals surface area contributed by atoms with Crippen LogP contribution in [0.3, 0.4) is 0 Å². The van der Waals surface area contributed by atoms with E-state index in [-0.39, 0.29) is 0 Å². The third-order valence-corrected chi connectivity index (χ3v) is 3.92. The van der Waals surface area contributed by atoms with E-state index in [1.54, 1.807) is 0 Å². The van der Waals surface area contributed by atoms with Crippen LogP contribution < -0.4 is 5.32 Å². The van der Waals surface area contributed by atoms with Gasteiger partial charge in [-0.2, -0.15) is 0 Å². The van der Waals surface area contributed by atoms with E-state index in [1.165, 1.54) is 12.8 Å². The molecule has 1 rings (SSSR count).